The summed E-state index contributed by atoms with van der Waals surface area (Å²) in [6.07, 6.45) is -3.99. The second kappa shape index (κ2) is 5.63. The van der Waals surface area contributed by atoms with Crippen LogP contribution < -0.4 is 0 Å². The molecule has 0 bridgehead atoms. The minimum Gasteiger partial charge on any atom is -0.253 e. The first kappa shape index (κ1) is 14.5. The molecule has 0 saturated carbocycles. The Morgan fingerprint density at radius 1 is 1.37 bits per heavy atom. The molecule has 1 aromatic rings. The number of benzene rings is 1. The van der Waals surface area contributed by atoms with Crippen LogP contribution in [-0.2, 0) is 10.7 Å². The lowest BCUT2D eigenvalue weighted by Gasteiger charge is -2.22. The third-order valence-corrected chi connectivity index (χ3v) is 5.00. The lowest BCUT2D eigenvalue weighted by Crippen LogP contribution is -2.36. The van der Waals surface area contributed by atoms with Gasteiger partial charge in [0.25, 0.3) is 6.43 Å². The van der Waals surface area contributed by atoms with Gasteiger partial charge in [-0.25, -0.2) is 17.5 Å². The molecule has 2 rings (SSSR count). The van der Waals surface area contributed by atoms with Gasteiger partial charge in [-0.3, -0.25) is 4.99 Å². The van der Waals surface area contributed by atoms with Crippen molar-refractivity contribution in [3.63, 3.8) is 0 Å². The molecule has 1 heterocycles. The Balaban J connectivity index is 2.26. The van der Waals surface area contributed by atoms with Gasteiger partial charge in [0.15, 0.2) is 6.17 Å². The molecule has 0 amide bonds. The van der Waals surface area contributed by atoms with Gasteiger partial charge in [0, 0.05) is 5.02 Å². The highest BCUT2D eigenvalue weighted by molar-refractivity contribution is 8.01. The first-order chi connectivity index (χ1) is 8.97. The third-order valence-electron chi connectivity index (χ3n) is 2.84. The van der Waals surface area contributed by atoms with Gasteiger partial charge in [0.2, 0.25) is 5.00 Å². The van der Waals surface area contributed by atoms with E-state index in [1.807, 2.05) is 0 Å². The molecule has 0 aromatic heterocycles. The summed E-state index contributed by atoms with van der Waals surface area (Å²) in [5, 5.41) is -2.06. The van der Waals surface area contributed by atoms with Crippen molar-refractivity contribution in [2.24, 2.45) is 9.36 Å². The summed E-state index contributed by atoms with van der Waals surface area (Å²) in [6.45, 7) is 1.39. The van der Waals surface area contributed by atoms with E-state index in [9.17, 15) is 13.2 Å². The van der Waals surface area contributed by atoms with Crippen molar-refractivity contribution in [1.82, 2.24) is 0 Å². The molecule has 0 spiro atoms. The first-order valence-electron chi connectivity index (χ1n) is 5.67. The summed E-state index contributed by atoms with van der Waals surface area (Å²) < 4.78 is 43.8. The summed E-state index contributed by atoms with van der Waals surface area (Å²) in [6, 6.07) is 6.73. The van der Waals surface area contributed by atoms with Crippen LogP contribution in [0.5, 0.6) is 0 Å². The zero-order valence-corrected chi connectivity index (χ0v) is 11.6. The molecule has 0 radical (unpaired) electrons. The normalized spacial score (nSPS) is 25.4. The van der Waals surface area contributed by atoms with Crippen LogP contribution in [0.1, 0.15) is 25.1 Å². The predicted octanol–water partition coefficient (Wildman–Crippen LogP) is 4.52. The summed E-state index contributed by atoms with van der Waals surface area (Å²) in [4.78, 5) is 4.02. The zero-order valence-electron chi connectivity index (χ0n) is 10.1. The zero-order chi connectivity index (χ0) is 14.0. The van der Waals surface area contributed by atoms with E-state index in [1.54, 1.807) is 24.3 Å². The largest absolute Gasteiger partial charge is 0.282 e. The Hall–Kier alpha value is -0.880. The summed E-state index contributed by atoms with van der Waals surface area (Å²) in [7, 11) is -1.51. The van der Waals surface area contributed by atoms with Gasteiger partial charge >= 0.3 is 0 Å². The smallest absolute Gasteiger partial charge is 0.253 e. The quantitative estimate of drug-likeness (QED) is 0.781. The number of halogens is 4. The van der Waals surface area contributed by atoms with Crippen LogP contribution in [-0.4, -0.2) is 17.0 Å². The minimum absolute atomic E-state index is 0.295. The Morgan fingerprint density at radius 2 is 2.00 bits per heavy atom. The highest BCUT2D eigenvalue weighted by Gasteiger charge is 2.44. The number of alkyl halides is 3. The van der Waals surface area contributed by atoms with Gasteiger partial charge < -0.3 is 0 Å². The van der Waals surface area contributed by atoms with Crippen molar-refractivity contribution >= 4 is 27.8 Å². The molecule has 3 atom stereocenters. The van der Waals surface area contributed by atoms with Crippen molar-refractivity contribution < 1.29 is 13.2 Å². The van der Waals surface area contributed by atoms with Crippen LogP contribution in [0.2, 0.25) is 5.02 Å². The molecular weight excluding hydrogens is 297 g/mol. The fourth-order valence-corrected chi connectivity index (χ4v) is 3.26. The van der Waals surface area contributed by atoms with E-state index in [1.165, 1.54) is 12.5 Å². The van der Waals surface area contributed by atoms with Crippen LogP contribution in [0.3, 0.4) is 0 Å². The molecule has 104 valence electrons. The molecule has 19 heavy (non-hydrogen) atoms. The van der Waals surface area contributed by atoms with Crippen molar-refractivity contribution in [2.45, 2.75) is 30.9 Å². The van der Waals surface area contributed by atoms with E-state index >= 15 is 0 Å². The molecule has 1 aliphatic heterocycles. The maximum Gasteiger partial charge on any atom is 0.282 e. The number of hydrogen-bond donors (Lipinski definition) is 0. The highest BCUT2D eigenvalue weighted by Crippen LogP contribution is 2.35. The Morgan fingerprint density at radius 3 is 2.53 bits per heavy atom. The molecule has 2 nitrogen and oxygen atoms in total. The highest BCUT2D eigenvalue weighted by atomic mass is 35.5. The lowest BCUT2D eigenvalue weighted by molar-refractivity contribution is 0.0245. The molecule has 0 saturated heterocycles. The second-order valence-corrected chi connectivity index (χ2v) is 6.21. The molecule has 0 aliphatic carbocycles. The van der Waals surface area contributed by atoms with Gasteiger partial charge in [-0.05, 0) is 34.8 Å². The fourth-order valence-electron chi connectivity index (χ4n) is 1.63. The monoisotopic (exact) mass is 308 g/mol. The van der Waals surface area contributed by atoms with Crippen molar-refractivity contribution in [3.05, 3.63) is 34.9 Å². The summed E-state index contributed by atoms with van der Waals surface area (Å²) in [5.74, 6) is 0. The van der Waals surface area contributed by atoms with E-state index in [2.05, 4.69) is 9.36 Å². The molecule has 0 fully saturated rings. The van der Waals surface area contributed by atoms with Gasteiger partial charge in [0.1, 0.15) is 0 Å². The average molecular weight is 309 g/mol. The number of hydrogen-bond acceptors (Lipinski definition) is 2. The SMILES string of the molecule is CCC(F)(C(F)F)S1=NC(c2ccc(Cl)cc2)N=C1. The van der Waals surface area contributed by atoms with Crippen LogP contribution in [0.15, 0.2) is 33.6 Å². The molecule has 0 N–H and O–H groups in total. The van der Waals surface area contributed by atoms with Gasteiger partial charge in [0.05, 0.1) is 5.55 Å². The van der Waals surface area contributed by atoms with Crippen molar-refractivity contribution in [1.29, 1.82) is 0 Å². The predicted molar refractivity (Wildman–Crippen MR) is 72.6 cm³/mol. The van der Waals surface area contributed by atoms with Crippen LogP contribution in [0, 0.1) is 0 Å². The third kappa shape index (κ3) is 2.84. The second-order valence-electron chi connectivity index (χ2n) is 4.04. The number of aliphatic imine (C=N–C) groups is 1. The molecule has 7 heteroatoms. The summed E-state index contributed by atoms with van der Waals surface area (Å²) >= 11 is 5.76. The molecule has 1 aliphatic rings. The Bertz CT molecular complexity index is 518. The molecular formula is C12H12ClF3N2S. The number of nitrogens with zero attached hydrogens (tertiary/aromatic N) is 2. The molecule has 3 unspecified atom stereocenters. The standard InChI is InChI=1S/C12H12ClF3N2S/c1-2-12(16,11(14)15)19-7-17-10(18-19)8-3-5-9(13)6-4-8/h3-7,10-11H,2H2,1H3. The average Bonchev–Trinajstić information content (AvgIpc) is 2.88. The van der Waals surface area contributed by atoms with E-state index in [4.69, 9.17) is 11.6 Å². The maximum atomic E-state index is 14.2. The lowest BCUT2D eigenvalue weighted by atomic mass is 10.2. The van der Waals surface area contributed by atoms with Crippen molar-refractivity contribution in [3.8, 4) is 0 Å². The van der Waals surface area contributed by atoms with E-state index in [-0.39, 0.29) is 6.42 Å². The van der Waals surface area contributed by atoms with Gasteiger partial charge in [-0.1, -0.05) is 30.7 Å². The van der Waals surface area contributed by atoms with Gasteiger partial charge in [-0.15, -0.1) is 0 Å². The molecule has 1 aromatic carbocycles. The van der Waals surface area contributed by atoms with Crippen LogP contribution in [0.4, 0.5) is 13.2 Å². The Kier molecular flexibility index (Phi) is 4.30. The fraction of sp³-hybridized carbons (Fsp3) is 0.417. The van der Waals surface area contributed by atoms with E-state index < -0.39 is 28.3 Å². The van der Waals surface area contributed by atoms with Crippen LogP contribution >= 0.6 is 11.6 Å². The van der Waals surface area contributed by atoms with Gasteiger partial charge in [-0.2, -0.15) is 0 Å². The minimum atomic E-state index is -3.07. The topological polar surface area (TPSA) is 24.7 Å². The maximum absolute atomic E-state index is 14.2. The van der Waals surface area contributed by atoms with E-state index in [0.717, 1.165) is 0 Å². The van der Waals surface area contributed by atoms with Crippen LogP contribution in [0.25, 0.3) is 0 Å². The first-order valence-corrected chi connectivity index (χ1v) is 7.29. The summed E-state index contributed by atoms with van der Waals surface area (Å²) in [5.41, 5.74) is 1.91. The number of rotatable bonds is 4. The van der Waals surface area contributed by atoms with E-state index in [0.29, 0.717) is 10.6 Å². The van der Waals surface area contributed by atoms with Crippen molar-refractivity contribution in [2.75, 3.05) is 0 Å². The Labute approximate surface area is 116 Å².